The number of hydrogen-bond acceptors (Lipinski definition) is 8. The van der Waals surface area contributed by atoms with E-state index in [2.05, 4.69) is 4.72 Å². The van der Waals surface area contributed by atoms with Crippen LogP contribution < -0.4 is 9.46 Å². The van der Waals surface area contributed by atoms with E-state index in [1.54, 1.807) is 18.4 Å². The van der Waals surface area contributed by atoms with Crippen molar-refractivity contribution in [3.05, 3.63) is 71.4 Å². The van der Waals surface area contributed by atoms with Gasteiger partial charge in [-0.3, -0.25) is 9.52 Å². The van der Waals surface area contributed by atoms with Crippen molar-refractivity contribution in [3.63, 3.8) is 0 Å². The molecule has 1 aliphatic rings. The minimum atomic E-state index is -4.05. The second kappa shape index (κ2) is 12.4. The summed E-state index contributed by atoms with van der Waals surface area (Å²) in [7, 11) is -6.37. The van der Waals surface area contributed by atoms with Gasteiger partial charge in [0.05, 0.1) is 30.5 Å². The number of hydrogen-bond donors (Lipinski definition) is 2. The third kappa shape index (κ3) is 7.07. The highest BCUT2D eigenvalue weighted by Crippen LogP contribution is 2.31. The molecule has 4 rings (SSSR count). The molecular formula is C27H32FN3O7S3. The average molecular weight is 626 g/mol. The molecule has 10 nitrogen and oxygen atoms in total. The summed E-state index contributed by atoms with van der Waals surface area (Å²) < 4.78 is 75.5. The van der Waals surface area contributed by atoms with Gasteiger partial charge in [0.15, 0.2) is 0 Å². The number of amides is 1. The lowest BCUT2D eigenvalue weighted by Gasteiger charge is -2.33. The third-order valence-electron chi connectivity index (χ3n) is 6.89. The summed E-state index contributed by atoms with van der Waals surface area (Å²) in [5.41, 5.74) is 0.541. The number of carbonyl (C=O) groups is 1. The number of nitrogens with zero attached hydrogens (tertiary/aromatic N) is 2. The number of ether oxygens (including phenoxy) is 1. The maximum Gasteiger partial charge on any atom is 0.261 e. The first-order chi connectivity index (χ1) is 19.3. The molecule has 1 amide bonds. The first kappa shape index (κ1) is 30.9. The number of halogens is 1. The Morgan fingerprint density at radius 1 is 1.17 bits per heavy atom. The molecule has 0 radical (unpaired) electrons. The van der Waals surface area contributed by atoms with Gasteiger partial charge < -0.3 is 14.7 Å². The normalized spacial score (nSPS) is 19.1. The third-order valence-corrected chi connectivity index (χ3v) is 11.5. The van der Waals surface area contributed by atoms with Crippen LogP contribution in [-0.4, -0.2) is 75.9 Å². The van der Waals surface area contributed by atoms with Gasteiger partial charge in [-0.05, 0) is 60.8 Å². The molecule has 0 aliphatic carbocycles. The standard InChI is InChI=1S/C27H32FN3O7S3/c1-18-15-31(19(2)17-32)26(33)14-20-13-22(29-40(34,35)23-9-6-21(28)7-10-23)8-11-24(20)38-25(18)16-30(3)41(36,37)27-5-4-12-39-27/h4-13,18-19,25,29,32H,14-17H2,1-3H3/t18-,19+,25+/m0/s1. The van der Waals surface area contributed by atoms with E-state index < -0.39 is 38.0 Å². The van der Waals surface area contributed by atoms with E-state index in [4.69, 9.17) is 4.74 Å². The number of rotatable bonds is 9. The lowest BCUT2D eigenvalue weighted by molar-refractivity contribution is -0.134. The minimum Gasteiger partial charge on any atom is -0.488 e. The summed E-state index contributed by atoms with van der Waals surface area (Å²) in [4.78, 5) is 14.8. The van der Waals surface area contributed by atoms with Gasteiger partial charge in [-0.1, -0.05) is 13.0 Å². The second-order valence-corrected chi connectivity index (χ2v) is 14.9. The van der Waals surface area contributed by atoms with Gasteiger partial charge in [-0.2, -0.15) is 4.31 Å². The highest BCUT2D eigenvalue weighted by molar-refractivity contribution is 7.92. The SMILES string of the molecule is C[C@H](CO)N1C[C@H](C)[C@@H](CN(C)S(=O)(=O)c2cccs2)Oc2ccc(NS(=O)(=O)c3ccc(F)cc3)cc2CC1=O. The summed E-state index contributed by atoms with van der Waals surface area (Å²) in [6, 6.07) is 11.5. The molecule has 222 valence electrons. The Bertz CT molecular complexity index is 1580. The van der Waals surface area contributed by atoms with Crippen molar-refractivity contribution in [1.82, 2.24) is 9.21 Å². The number of benzene rings is 2. The van der Waals surface area contributed by atoms with E-state index in [9.17, 15) is 31.1 Å². The molecule has 0 bridgehead atoms. The molecule has 2 aromatic carbocycles. The highest BCUT2D eigenvalue weighted by Gasteiger charge is 2.34. The summed E-state index contributed by atoms with van der Waals surface area (Å²) in [6.07, 6.45) is -0.830. The smallest absolute Gasteiger partial charge is 0.261 e. The van der Waals surface area contributed by atoms with E-state index in [0.29, 0.717) is 11.3 Å². The van der Waals surface area contributed by atoms with Gasteiger partial charge in [0.1, 0.15) is 21.9 Å². The van der Waals surface area contributed by atoms with Gasteiger partial charge in [0, 0.05) is 30.8 Å². The average Bonchev–Trinajstić information content (AvgIpc) is 3.48. The van der Waals surface area contributed by atoms with E-state index in [0.717, 1.165) is 35.6 Å². The van der Waals surface area contributed by atoms with Crippen LogP contribution in [-0.2, 0) is 31.3 Å². The quantitative estimate of drug-likeness (QED) is 0.373. The Hall–Kier alpha value is -3.04. The minimum absolute atomic E-state index is 0.0185. The summed E-state index contributed by atoms with van der Waals surface area (Å²) in [6.45, 7) is 3.46. The van der Waals surface area contributed by atoms with Crippen molar-refractivity contribution in [2.75, 3.05) is 31.5 Å². The van der Waals surface area contributed by atoms with Crippen molar-refractivity contribution >= 4 is 43.0 Å². The summed E-state index contributed by atoms with van der Waals surface area (Å²) in [5, 5.41) is 11.5. The van der Waals surface area contributed by atoms with Gasteiger partial charge >= 0.3 is 0 Å². The molecule has 2 heterocycles. The zero-order chi connectivity index (χ0) is 29.9. The van der Waals surface area contributed by atoms with Crippen molar-refractivity contribution in [2.24, 2.45) is 5.92 Å². The Balaban J connectivity index is 1.68. The fraction of sp³-hybridized carbons (Fsp3) is 0.370. The van der Waals surface area contributed by atoms with Crippen LogP contribution in [0.1, 0.15) is 19.4 Å². The number of aliphatic hydroxyl groups excluding tert-OH is 1. The summed E-state index contributed by atoms with van der Waals surface area (Å²) >= 11 is 1.11. The Labute approximate surface area is 243 Å². The van der Waals surface area contributed by atoms with Crippen LogP contribution in [0.25, 0.3) is 0 Å². The van der Waals surface area contributed by atoms with Crippen LogP contribution in [0.4, 0.5) is 10.1 Å². The number of carbonyl (C=O) groups excluding carboxylic acids is 1. The molecule has 1 aromatic heterocycles. The second-order valence-electron chi connectivity index (χ2n) is 9.99. The van der Waals surface area contributed by atoms with Crippen molar-refractivity contribution in [2.45, 2.75) is 41.5 Å². The molecule has 3 atom stereocenters. The van der Waals surface area contributed by atoms with Crippen LogP contribution in [0, 0.1) is 11.7 Å². The molecule has 41 heavy (non-hydrogen) atoms. The molecule has 0 saturated heterocycles. The molecular weight excluding hydrogens is 594 g/mol. The number of anilines is 1. The van der Waals surface area contributed by atoms with Gasteiger partial charge in [-0.15, -0.1) is 11.3 Å². The maximum absolute atomic E-state index is 13.4. The highest BCUT2D eigenvalue weighted by atomic mass is 32.2. The van der Waals surface area contributed by atoms with Crippen LogP contribution in [0.15, 0.2) is 69.1 Å². The molecule has 14 heteroatoms. The van der Waals surface area contributed by atoms with E-state index >= 15 is 0 Å². The topological polar surface area (TPSA) is 133 Å². The molecule has 1 aliphatic heterocycles. The van der Waals surface area contributed by atoms with Crippen LogP contribution in [0.2, 0.25) is 0 Å². The first-order valence-electron chi connectivity index (χ1n) is 12.8. The van der Waals surface area contributed by atoms with Crippen LogP contribution >= 0.6 is 11.3 Å². The molecule has 3 aromatic rings. The predicted octanol–water partition coefficient (Wildman–Crippen LogP) is 3.16. The van der Waals surface area contributed by atoms with Crippen LogP contribution in [0.5, 0.6) is 5.75 Å². The number of fused-ring (bicyclic) bond motifs is 1. The van der Waals surface area contributed by atoms with E-state index in [-0.39, 0.29) is 52.7 Å². The number of sulfonamides is 2. The summed E-state index contributed by atoms with van der Waals surface area (Å²) in [5.74, 6) is -0.907. The fourth-order valence-corrected chi connectivity index (χ4v) is 7.89. The zero-order valence-electron chi connectivity index (χ0n) is 22.7. The first-order valence-corrected chi connectivity index (χ1v) is 16.6. The number of aliphatic hydroxyl groups is 1. The Morgan fingerprint density at radius 2 is 1.88 bits per heavy atom. The predicted molar refractivity (Wildman–Crippen MR) is 153 cm³/mol. The maximum atomic E-state index is 13.4. The zero-order valence-corrected chi connectivity index (χ0v) is 25.2. The van der Waals surface area contributed by atoms with Crippen LogP contribution in [0.3, 0.4) is 0 Å². The Morgan fingerprint density at radius 3 is 2.51 bits per heavy atom. The fourth-order valence-electron chi connectivity index (χ4n) is 4.45. The number of likely N-dealkylation sites (N-methyl/N-ethyl adjacent to an activating group) is 1. The molecule has 0 unspecified atom stereocenters. The lowest BCUT2D eigenvalue weighted by atomic mass is 10.0. The molecule has 0 fully saturated rings. The van der Waals surface area contributed by atoms with Gasteiger partial charge in [0.25, 0.3) is 20.0 Å². The number of nitrogens with one attached hydrogen (secondary N) is 1. The van der Waals surface area contributed by atoms with Crippen molar-refractivity contribution < 1.29 is 35.9 Å². The van der Waals surface area contributed by atoms with E-state index in [1.807, 2.05) is 6.92 Å². The Kier molecular flexibility index (Phi) is 9.39. The van der Waals surface area contributed by atoms with E-state index in [1.165, 1.54) is 40.5 Å². The number of thiophene rings is 1. The lowest BCUT2D eigenvalue weighted by Crippen LogP contribution is -2.48. The monoisotopic (exact) mass is 625 g/mol. The molecule has 0 spiro atoms. The van der Waals surface area contributed by atoms with Crippen molar-refractivity contribution in [1.29, 1.82) is 0 Å². The van der Waals surface area contributed by atoms with Gasteiger partial charge in [-0.25, -0.2) is 21.2 Å². The largest absolute Gasteiger partial charge is 0.488 e. The molecule has 2 N–H and O–H groups in total. The molecule has 0 saturated carbocycles. The van der Waals surface area contributed by atoms with Crippen molar-refractivity contribution in [3.8, 4) is 5.75 Å². The van der Waals surface area contributed by atoms with Gasteiger partial charge in [0.2, 0.25) is 5.91 Å².